The first-order valence-electron chi connectivity index (χ1n) is 8.37. The smallest absolute Gasteiger partial charge is 0.323 e. The predicted octanol–water partition coefficient (Wildman–Crippen LogP) is 1.68. The number of amides is 1. The molecule has 2 aromatic carbocycles. The largest absolute Gasteiger partial charge is 0.505 e. The lowest BCUT2D eigenvalue weighted by molar-refractivity contribution is -0.137. The van der Waals surface area contributed by atoms with E-state index < -0.39 is 18.4 Å². The van der Waals surface area contributed by atoms with E-state index in [2.05, 4.69) is 19.4 Å². The number of anilines is 4. The molecule has 3 rings (SSSR count). The Balaban J connectivity index is 1.84. The summed E-state index contributed by atoms with van der Waals surface area (Å²) in [5, 5.41) is 25.4. The molecular weight excluding hydrogens is 393 g/mol. The molecule has 2 radical (unpaired) electrons. The number of nitrogens with one attached hydrogen (secondary N) is 2. The van der Waals surface area contributed by atoms with Crippen molar-refractivity contribution in [3.63, 3.8) is 0 Å². The number of phenols is 1. The van der Waals surface area contributed by atoms with Gasteiger partial charge in [0, 0.05) is 12.7 Å². The van der Waals surface area contributed by atoms with Crippen molar-refractivity contribution in [2.45, 2.75) is 0 Å². The molecule has 9 nitrogen and oxygen atoms in total. The summed E-state index contributed by atoms with van der Waals surface area (Å²) in [6, 6.07) is 11.7. The number of carbonyl (C=O) groups excluding carboxylic acids is 1. The maximum absolute atomic E-state index is 12.4. The van der Waals surface area contributed by atoms with Crippen molar-refractivity contribution in [3.8, 4) is 5.75 Å². The summed E-state index contributed by atoms with van der Waals surface area (Å²) >= 11 is 0.951. The van der Waals surface area contributed by atoms with Gasteiger partial charge in [0.15, 0.2) is 17.4 Å². The quantitative estimate of drug-likeness (QED) is 0.343. The normalized spacial score (nSPS) is 10.4. The number of likely N-dealkylation sites (N-methyl/N-ethyl adjacent to an activating group) is 1. The van der Waals surface area contributed by atoms with E-state index in [1.54, 1.807) is 30.3 Å². The fourth-order valence-corrected chi connectivity index (χ4v) is 2.98. The van der Waals surface area contributed by atoms with Crippen LogP contribution in [0.4, 0.5) is 23.0 Å². The second-order valence-electron chi connectivity index (χ2n) is 6.06. The number of rotatable bonds is 7. The molecule has 0 atom stereocenters. The molecule has 146 valence electrons. The average Bonchev–Trinajstić information content (AvgIpc) is 3.11. The predicted molar refractivity (Wildman–Crippen MR) is 111 cm³/mol. The van der Waals surface area contributed by atoms with Crippen molar-refractivity contribution in [1.29, 1.82) is 0 Å². The molecular formula is C18H16BN5O4S. The summed E-state index contributed by atoms with van der Waals surface area (Å²) in [6.07, 6.45) is 0. The van der Waals surface area contributed by atoms with Gasteiger partial charge < -0.3 is 25.7 Å². The van der Waals surface area contributed by atoms with Gasteiger partial charge in [-0.15, -0.1) is 0 Å². The van der Waals surface area contributed by atoms with Crippen LogP contribution < -0.4 is 16.1 Å². The molecule has 0 bridgehead atoms. The zero-order valence-corrected chi connectivity index (χ0v) is 16.1. The van der Waals surface area contributed by atoms with Crippen molar-refractivity contribution in [3.05, 3.63) is 48.0 Å². The highest BCUT2D eigenvalue weighted by atomic mass is 32.1. The molecule has 1 aromatic heterocycles. The van der Waals surface area contributed by atoms with E-state index in [0.717, 1.165) is 16.6 Å². The van der Waals surface area contributed by atoms with Crippen LogP contribution in [0, 0.1) is 0 Å². The summed E-state index contributed by atoms with van der Waals surface area (Å²) < 4.78 is 8.34. The van der Waals surface area contributed by atoms with Crippen molar-refractivity contribution >= 4 is 59.9 Å². The topological polar surface area (TPSA) is 128 Å². The van der Waals surface area contributed by atoms with Gasteiger partial charge >= 0.3 is 5.97 Å². The first kappa shape index (κ1) is 20.1. The van der Waals surface area contributed by atoms with Gasteiger partial charge in [0.05, 0.1) is 23.0 Å². The average molecular weight is 409 g/mol. The Morgan fingerprint density at radius 1 is 1.07 bits per heavy atom. The molecule has 0 saturated heterocycles. The lowest BCUT2D eigenvalue weighted by Gasteiger charge is -2.17. The Hall–Kier alpha value is -3.60. The molecule has 29 heavy (non-hydrogen) atoms. The van der Waals surface area contributed by atoms with E-state index in [-0.39, 0.29) is 17.0 Å². The third-order valence-corrected chi connectivity index (χ3v) is 4.47. The number of carboxylic acid groups (broad SMARTS) is 1. The van der Waals surface area contributed by atoms with Gasteiger partial charge in [0.25, 0.3) is 5.91 Å². The van der Waals surface area contributed by atoms with Crippen LogP contribution in [0.2, 0.25) is 0 Å². The van der Waals surface area contributed by atoms with E-state index >= 15 is 0 Å². The fourth-order valence-electron chi connectivity index (χ4n) is 2.52. The number of hydrogen-bond donors (Lipinski definition) is 4. The van der Waals surface area contributed by atoms with Crippen LogP contribution in [0.15, 0.2) is 42.5 Å². The SMILES string of the molecule is [B]c1ccccc1Nc1nsnc1Nc1cccc(C(=O)N(C)CC(=O)O)c1O. The summed E-state index contributed by atoms with van der Waals surface area (Å²) in [7, 11) is 7.27. The standard InChI is InChI=1S/C18H16BN5O4S/c1-24(9-14(25)26)18(28)10-5-4-8-13(15(10)27)21-17-16(22-29-23-17)20-12-7-3-2-6-11(12)19/h2-8,27H,9H2,1H3,(H,20,22)(H,21,23)(H,25,26). The van der Waals surface area contributed by atoms with Crippen LogP contribution >= 0.6 is 11.7 Å². The van der Waals surface area contributed by atoms with Crippen molar-refractivity contribution in [2.75, 3.05) is 24.2 Å². The molecule has 0 aliphatic rings. The molecule has 0 aliphatic heterocycles. The second-order valence-corrected chi connectivity index (χ2v) is 6.58. The number of hydrogen-bond acceptors (Lipinski definition) is 8. The van der Waals surface area contributed by atoms with Gasteiger partial charge in [0.2, 0.25) is 0 Å². The number of carboxylic acids is 1. The van der Waals surface area contributed by atoms with E-state index in [1.165, 1.54) is 13.1 Å². The molecule has 11 heteroatoms. The highest BCUT2D eigenvalue weighted by Crippen LogP contribution is 2.33. The minimum absolute atomic E-state index is 0.0382. The molecule has 0 unspecified atom stereocenters. The molecule has 1 amide bonds. The fraction of sp³-hybridized carbons (Fsp3) is 0.111. The molecule has 0 fully saturated rings. The van der Waals surface area contributed by atoms with Crippen LogP contribution in [0.1, 0.15) is 10.4 Å². The van der Waals surface area contributed by atoms with Crippen LogP contribution in [0.5, 0.6) is 5.75 Å². The zero-order chi connectivity index (χ0) is 21.0. The van der Waals surface area contributed by atoms with Crippen LogP contribution in [-0.4, -0.2) is 57.2 Å². The van der Waals surface area contributed by atoms with Crippen molar-refractivity contribution in [2.24, 2.45) is 0 Å². The Bertz CT molecular complexity index is 1060. The van der Waals surface area contributed by atoms with E-state index in [9.17, 15) is 14.7 Å². The Kier molecular flexibility index (Phi) is 5.98. The number of nitrogens with zero attached hydrogens (tertiary/aromatic N) is 3. The van der Waals surface area contributed by atoms with Crippen LogP contribution in [-0.2, 0) is 4.79 Å². The number of aromatic nitrogens is 2. The van der Waals surface area contributed by atoms with Gasteiger partial charge in [-0.1, -0.05) is 29.7 Å². The van der Waals surface area contributed by atoms with Crippen LogP contribution in [0.25, 0.3) is 0 Å². The van der Waals surface area contributed by atoms with Gasteiger partial charge in [-0.2, -0.15) is 8.75 Å². The summed E-state index contributed by atoms with van der Waals surface area (Å²) in [4.78, 5) is 24.2. The third kappa shape index (κ3) is 4.64. The summed E-state index contributed by atoms with van der Waals surface area (Å²) in [5.41, 5.74) is 1.36. The molecule has 1 heterocycles. The highest BCUT2D eigenvalue weighted by Gasteiger charge is 2.20. The molecule has 4 N–H and O–H groups in total. The van der Waals surface area contributed by atoms with Crippen molar-refractivity contribution in [1.82, 2.24) is 13.6 Å². The van der Waals surface area contributed by atoms with Gasteiger partial charge in [-0.05, 0) is 18.2 Å². The maximum atomic E-state index is 12.4. The van der Waals surface area contributed by atoms with Gasteiger partial charge in [0.1, 0.15) is 14.4 Å². The van der Waals surface area contributed by atoms with E-state index in [0.29, 0.717) is 22.8 Å². The number of benzene rings is 2. The Morgan fingerprint density at radius 3 is 2.34 bits per heavy atom. The Morgan fingerprint density at radius 2 is 1.69 bits per heavy atom. The molecule has 0 spiro atoms. The summed E-state index contributed by atoms with van der Waals surface area (Å²) in [5.74, 6) is -1.38. The third-order valence-electron chi connectivity index (χ3n) is 3.94. The minimum Gasteiger partial charge on any atom is -0.505 e. The molecule has 0 saturated carbocycles. The number of aliphatic carboxylic acids is 1. The number of aromatic hydroxyl groups is 1. The summed E-state index contributed by atoms with van der Waals surface area (Å²) in [6.45, 7) is -0.488. The Labute approximate surface area is 171 Å². The molecule has 0 aliphatic carbocycles. The highest BCUT2D eigenvalue weighted by molar-refractivity contribution is 6.99. The lowest BCUT2D eigenvalue weighted by Crippen LogP contribution is -2.32. The van der Waals surface area contributed by atoms with Crippen molar-refractivity contribution < 1.29 is 19.8 Å². The van der Waals surface area contributed by atoms with E-state index in [1.807, 2.05) is 6.07 Å². The number of carbonyl (C=O) groups is 2. The lowest BCUT2D eigenvalue weighted by atomic mass is 9.94. The number of para-hydroxylation sites is 2. The first-order chi connectivity index (χ1) is 13.9. The first-order valence-corrected chi connectivity index (χ1v) is 9.10. The zero-order valence-electron chi connectivity index (χ0n) is 15.3. The number of phenolic OH excluding ortho intramolecular Hbond substituents is 1. The molecule has 3 aromatic rings. The van der Waals surface area contributed by atoms with Crippen LogP contribution in [0.3, 0.4) is 0 Å². The second kappa shape index (κ2) is 8.61. The maximum Gasteiger partial charge on any atom is 0.323 e. The monoisotopic (exact) mass is 409 g/mol. The minimum atomic E-state index is -1.15. The van der Waals surface area contributed by atoms with E-state index in [4.69, 9.17) is 13.0 Å². The van der Waals surface area contributed by atoms with Gasteiger partial charge in [-0.25, -0.2) is 0 Å². The van der Waals surface area contributed by atoms with Gasteiger partial charge in [-0.3, -0.25) is 9.59 Å².